The largest absolute Gasteiger partial charge is 0.496 e. The Morgan fingerprint density at radius 3 is 2.72 bits per heavy atom. The second-order valence-electron chi connectivity index (χ2n) is 6.07. The fourth-order valence-corrected chi connectivity index (χ4v) is 2.79. The highest BCUT2D eigenvalue weighted by Gasteiger charge is 2.19. The van der Waals surface area contributed by atoms with Gasteiger partial charge in [-0.25, -0.2) is 4.98 Å². The molecule has 1 aromatic carbocycles. The molecular weight excluding hydrogens is 316 g/mol. The molecular formula is C19H22N4O2. The van der Waals surface area contributed by atoms with Crippen molar-refractivity contribution in [3.05, 3.63) is 65.6 Å². The molecule has 3 rings (SSSR count). The topological polar surface area (TPSA) is 58.9 Å². The first-order valence-corrected chi connectivity index (χ1v) is 8.11. The van der Waals surface area contributed by atoms with E-state index in [0.717, 1.165) is 22.7 Å². The summed E-state index contributed by atoms with van der Waals surface area (Å²) in [4.78, 5) is 19.3. The number of carbonyl (C=O) groups excluding carboxylic acids is 1. The van der Waals surface area contributed by atoms with Gasteiger partial charge in [0.25, 0.3) is 5.91 Å². The fourth-order valence-electron chi connectivity index (χ4n) is 2.79. The number of pyridine rings is 1. The van der Waals surface area contributed by atoms with Crippen molar-refractivity contribution in [1.82, 2.24) is 19.6 Å². The smallest absolute Gasteiger partial charge is 0.272 e. The summed E-state index contributed by atoms with van der Waals surface area (Å²) in [6.07, 6.45) is 1.93. The highest BCUT2D eigenvalue weighted by Crippen LogP contribution is 2.18. The molecule has 0 bridgehead atoms. The van der Waals surface area contributed by atoms with Gasteiger partial charge < -0.3 is 19.4 Å². The Morgan fingerprint density at radius 1 is 1.20 bits per heavy atom. The van der Waals surface area contributed by atoms with Gasteiger partial charge in [0.15, 0.2) is 5.69 Å². The lowest BCUT2D eigenvalue weighted by Gasteiger charge is -2.12. The molecule has 0 spiro atoms. The lowest BCUT2D eigenvalue weighted by atomic mass is 10.2. The molecule has 3 aromatic rings. The molecule has 0 aliphatic carbocycles. The molecule has 6 nitrogen and oxygen atoms in total. The van der Waals surface area contributed by atoms with Crippen molar-refractivity contribution < 1.29 is 9.53 Å². The lowest BCUT2D eigenvalue weighted by molar-refractivity contribution is 0.0944. The summed E-state index contributed by atoms with van der Waals surface area (Å²) in [5.41, 5.74) is 3.02. The van der Waals surface area contributed by atoms with Crippen molar-refractivity contribution >= 4 is 11.6 Å². The maximum Gasteiger partial charge on any atom is 0.272 e. The van der Waals surface area contributed by atoms with Crippen LogP contribution in [0.5, 0.6) is 5.75 Å². The van der Waals surface area contributed by atoms with Crippen LogP contribution in [0.3, 0.4) is 0 Å². The number of hydrogen-bond donors (Lipinski definition) is 1. The third-order valence-corrected chi connectivity index (χ3v) is 3.94. The number of para-hydroxylation sites is 1. The summed E-state index contributed by atoms with van der Waals surface area (Å²) < 4.78 is 7.29. The van der Waals surface area contributed by atoms with Crippen molar-refractivity contribution in [2.75, 3.05) is 21.2 Å². The highest BCUT2D eigenvalue weighted by atomic mass is 16.5. The molecule has 0 aliphatic heterocycles. The van der Waals surface area contributed by atoms with E-state index in [0.29, 0.717) is 18.8 Å². The Morgan fingerprint density at radius 2 is 1.96 bits per heavy atom. The van der Waals surface area contributed by atoms with E-state index >= 15 is 0 Å². The lowest BCUT2D eigenvalue weighted by Crippen LogP contribution is -2.26. The van der Waals surface area contributed by atoms with E-state index in [1.807, 2.05) is 72.1 Å². The molecule has 0 fully saturated rings. The van der Waals surface area contributed by atoms with Crippen molar-refractivity contribution in [2.24, 2.45) is 0 Å². The van der Waals surface area contributed by atoms with Crippen LogP contribution in [0, 0.1) is 0 Å². The normalized spacial score (nSPS) is 11.0. The zero-order valence-electron chi connectivity index (χ0n) is 14.7. The van der Waals surface area contributed by atoms with Crippen LogP contribution >= 0.6 is 0 Å². The van der Waals surface area contributed by atoms with Gasteiger partial charge in [-0.2, -0.15) is 0 Å². The van der Waals surface area contributed by atoms with Crippen LogP contribution in [-0.4, -0.2) is 41.4 Å². The molecule has 6 heteroatoms. The molecule has 25 heavy (non-hydrogen) atoms. The van der Waals surface area contributed by atoms with E-state index in [1.54, 1.807) is 7.11 Å². The van der Waals surface area contributed by atoms with E-state index in [4.69, 9.17) is 4.74 Å². The molecule has 1 N–H and O–H groups in total. The summed E-state index contributed by atoms with van der Waals surface area (Å²) in [6, 6.07) is 13.4. The van der Waals surface area contributed by atoms with Gasteiger partial charge in [-0.05, 0) is 32.3 Å². The van der Waals surface area contributed by atoms with Crippen LogP contribution in [0.4, 0.5) is 0 Å². The van der Waals surface area contributed by atoms with E-state index in [1.165, 1.54) is 0 Å². The average molecular weight is 338 g/mol. The predicted octanol–water partition coefficient (Wildman–Crippen LogP) is 2.33. The zero-order valence-corrected chi connectivity index (χ0v) is 14.7. The van der Waals surface area contributed by atoms with E-state index < -0.39 is 0 Å². The standard InChI is InChI=1S/C19H22N4O2/c1-22(2)13-15-18(21-17-10-6-7-11-23(15)17)19(24)20-12-14-8-4-5-9-16(14)25-3/h4-11H,12-13H2,1-3H3,(H,20,24). The zero-order chi connectivity index (χ0) is 17.8. The van der Waals surface area contributed by atoms with Gasteiger partial charge in [-0.1, -0.05) is 24.3 Å². The highest BCUT2D eigenvalue weighted by molar-refractivity contribution is 5.94. The minimum atomic E-state index is -0.188. The van der Waals surface area contributed by atoms with Gasteiger partial charge in [0.05, 0.1) is 12.8 Å². The maximum absolute atomic E-state index is 12.7. The Kier molecular flexibility index (Phi) is 5.00. The number of rotatable bonds is 6. The van der Waals surface area contributed by atoms with Crippen LogP contribution in [0.2, 0.25) is 0 Å². The second-order valence-corrected chi connectivity index (χ2v) is 6.07. The SMILES string of the molecule is COc1ccccc1CNC(=O)c1nc2ccccn2c1CN(C)C. The number of methoxy groups -OCH3 is 1. The first-order chi connectivity index (χ1) is 12.1. The summed E-state index contributed by atoms with van der Waals surface area (Å²) in [5.74, 6) is 0.567. The monoisotopic (exact) mass is 338 g/mol. The molecule has 0 saturated carbocycles. The molecule has 130 valence electrons. The Labute approximate surface area is 147 Å². The predicted molar refractivity (Wildman–Crippen MR) is 96.7 cm³/mol. The Balaban J connectivity index is 1.86. The van der Waals surface area contributed by atoms with Gasteiger partial charge in [0.1, 0.15) is 11.4 Å². The average Bonchev–Trinajstić information content (AvgIpc) is 2.98. The number of hydrogen-bond acceptors (Lipinski definition) is 4. The van der Waals surface area contributed by atoms with Crippen LogP contribution in [0.25, 0.3) is 5.65 Å². The molecule has 0 aliphatic rings. The summed E-state index contributed by atoms with van der Waals surface area (Å²) in [6.45, 7) is 1.01. The van der Waals surface area contributed by atoms with Crippen molar-refractivity contribution in [1.29, 1.82) is 0 Å². The van der Waals surface area contributed by atoms with Gasteiger partial charge in [-0.15, -0.1) is 0 Å². The fraction of sp³-hybridized carbons (Fsp3) is 0.263. The maximum atomic E-state index is 12.7. The minimum absolute atomic E-state index is 0.188. The number of imidazole rings is 1. The van der Waals surface area contributed by atoms with Gasteiger partial charge in [-0.3, -0.25) is 4.79 Å². The van der Waals surface area contributed by atoms with Crippen molar-refractivity contribution in [3.8, 4) is 5.75 Å². The van der Waals surface area contributed by atoms with Crippen LogP contribution < -0.4 is 10.1 Å². The number of aromatic nitrogens is 2. The summed E-state index contributed by atoms with van der Waals surface area (Å²) in [7, 11) is 5.57. The van der Waals surface area contributed by atoms with Crippen molar-refractivity contribution in [2.45, 2.75) is 13.1 Å². The van der Waals surface area contributed by atoms with Crippen LogP contribution in [0.15, 0.2) is 48.7 Å². The number of amides is 1. The first-order valence-electron chi connectivity index (χ1n) is 8.11. The molecule has 2 heterocycles. The molecule has 0 saturated heterocycles. The van der Waals surface area contributed by atoms with Gasteiger partial charge in [0, 0.05) is 24.8 Å². The quantitative estimate of drug-likeness (QED) is 0.749. The third kappa shape index (κ3) is 3.64. The minimum Gasteiger partial charge on any atom is -0.496 e. The van der Waals surface area contributed by atoms with E-state index in [-0.39, 0.29) is 5.91 Å². The summed E-state index contributed by atoms with van der Waals surface area (Å²) >= 11 is 0. The Bertz CT molecular complexity index is 886. The number of nitrogens with zero attached hydrogens (tertiary/aromatic N) is 3. The van der Waals surface area contributed by atoms with Crippen LogP contribution in [0.1, 0.15) is 21.7 Å². The Hall–Kier alpha value is -2.86. The molecule has 0 unspecified atom stereocenters. The van der Waals surface area contributed by atoms with Crippen LogP contribution in [-0.2, 0) is 13.1 Å². The number of ether oxygens (including phenoxy) is 1. The number of benzene rings is 1. The second kappa shape index (κ2) is 7.36. The van der Waals surface area contributed by atoms with Gasteiger partial charge in [0.2, 0.25) is 0 Å². The number of carbonyl (C=O) groups is 1. The first kappa shape index (κ1) is 17.0. The summed E-state index contributed by atoms with van der Waals surface area (Å²) in [5, 5.41) is 2.95. The molecule has 2 aromatic heterocycles. The van der Waals surface area contributed by atoms with E-state index in [9.17, 15) is 4.79 Å². The molecule has 1 amide bonds. The van der Waals surface area contributed by atoms with E-state index in [2.05, 4.69) is 10.3 Å². The van der Waals surface area contributed by atoms with Crippen molar-refractivity contribution in [3.63, 3.8) is 0 Å². The molecule has 0 radical (unpaired) electrons. The molecule has 0 atom stereocenters. The third-order valence-electron chi connectivity index (χ3n) is 3.94. The number of fused-ring (bicyclic) bond motifs is 1. The van der Waals surface area contributed by atoms with Gasteiger partial charge >= 0.3 is 0 Å². The number of nitrogens with one attached hydrogen (secondary N) is 1.